The van der Waals surface area contributed by atoms with Gasteiger partial charge in [-0.1, -0.05) is 60.7 Å². The molecule has 1 saturated heterocycles. The molecule has 0 radical (unpaired) electrons. The summed E-state index contributed by atoms with van der Waals surface area (Å²) in [5.74, 6) is -0.229. The highest BCUT2D eigenvalue weighted by Gasteiger charge is 2.53. The van der Waals surface area contributed by atoms with Crippen LogP contribution in [0.4, 0.5) is 4.79 Å². The Labute approximate surface area is 244 Å². The second-order valence-electron chi connectivity index (χ2n) is 12.0. The van der Waals surface area contributed by atoms with Crippen LogP contribution in [0.2, 0.25) is 0 Å². The van der Waals surface area contributed by atoms with Crippen molar-refractivity contribution in [3.63, 3.8) is 0 Å². The lowest BCUT2D eigenvalue weighted by Crippen LogP contribution is -2.63. The van der Waals surface area contributed by atoms with E-state index < -0.39 is 17.7 Å². The Kier molecular flexibility index (Phi) is 6.39. The summed E-state index contributed by atoms with van der Waals surface area (Å²) in [5, 5.41) is 7.27. The number of aromatic nitrogens is 1. The van der Waals surface area contributed by atoms with Gasteiger partial charge in [0, 0.05) is 40.4 Å². The van der Waals surface area contributed by atoms with Crippen LogP contribution in [-0.4, -0.2) is 53.3 Å². The van der Waals surface area contributed by atoms with E-state index in [4.69, 9.17) is 4.74 Å². The average molecular weight is 563 g/mol. The molecule has 1 aromatic heterocycles. The Bertz CT molecular complexity index is 1710. The molecule has 3 heterocycles. The van der Waals surface area contributed by atoms with Crippen molar-refractivity contribution in [2.75, 3.05) is 13.6 Å². The fourth-order valence-electron chi connectivity index (χ4n) is 7.64. The molecule has 42 heavy (non-hydrogen) atoms. The number of nitrogens with one attached hydrogen (secondary N) is 3. The van der Waals surface area contributed by atoms with Gasteiger partial charge in [0.05, 0.1) is 11.2 Å². The van der Waals surface area contributed by atoms with Crippen molar-refractivity contribution in [1.82, 2.24) is 20.5 Å². The van der Waals surface area contributed by atoms with Gasteiger partial charge in [0.2, 0.25) is 5.78 Å². The number of fused-ring (bicyclic) bond motifs is 4. The summed E-state index contributed by atoms with van der Waals surface area (Å²) in [6.45, 7) is 3.04. The molecule has 7 rings (SSSR count). The molecule has 0 spiro atoms. The minimum absolute atomic E-state index is 0.0514. The van der Waals surface area contributed by atoms with Crippen LogP contribution in [0.15, 0.2) is 72.8 Å². The maximum absolute atomic E-state index is 14.6. The minimum Gasteiger partial charge on any atom is -0.445 e. The van der Waals surface area contributed by atoms with E-state index in [0.29, 0.717) is 16.8 Å². The number of carbonyl (C=O) groups excluding carboxylic acids is 3. The predicted octanol–water partition coefficient (Wildman–Crippen LogP) is 5.04. The monoisotopic (exact) mass is 562 g/mol. The van der Waals surface area contributed by atoms with Gasteiger partial charge < -0.3 is 25.3 Å². The summed E-state index contributed by atoms with van der Waals surface area (Å²) < 4.78 is 5.52. The molecule has 2 amide bonds. The molecule has 8 nitrogen and oxygen atoms in total. The minimum atomic E-state index is -0.945. The van der Waals surface area contributed by atoms with Crippen LogP contribution in [0.1, 0.15) is 68.8 Å². The van der Waals surface area contributed by atoms with Crippen LogP contribution in [-0.2, 0) is 23.3 Å². The fraction of sp³-hybridized carbons (Fsp3) is 0.324. The molecule has 3 aromatic carbocycles. The molecule has 2 aliphatic heterocycles. The normalized spacial score (nSPS) is 25.2. The van der Waals surface area contributed by atoms with Gasteiger partial charge in [-0.05, 0) is 62.2 Å². The molecule has 3 aliphatic rings. The Morgan fingerprint density at radius 2 is 1.83 bits per heavy atom. The van der Waals surface area contributed by atoms with Crippen LogP contribution >= 0.6 is 0 Å². The van der Waals surface area contributed by atoms with Crippen molar-refractivity contribution in [3.8, 4) is 0 Å². The Morgan fingerprint density at radius 1 is 1.05 bits per heavy atom. The predicted molar refractivity (Wildman–Crippen MR) is 160 cm³/mol. The van der Waals surface area contributed by atoms with Gasteiger partial charge in [-0.25, -0.2) is 4.79 Å². The molecule has 4 atom stereocenters. The lowest BCUT2D eigenvalue weighted by molar-refractivity contribution is 0.0564. The van der Waals surface area contributed by atoms with E-state index in [1.54, 1.807) is 6.07 Å². The van der Waals surface area contributed by atoms with Gasteiger partial charge in [-0.2, -0.15) is 0 Å². The summed E-state index contributed by atoms with van der Waals surface area (Å²) in [4.78, 5) is 47.5. The van der Waals surface area contributed by atoms with Crippen molar-refractivity contribution in [1.29, 1.82) is 0 Å². The van der Waals surface area contributed by atoms with Crippen LogP contribution in [0.25, 0.3) is 10.9 Å². The average Bonchev–Trinajstić information content (AvgIpc) is 3.40. The zero-order valence-corrected chi connectivity index (χ0v) is 23.8. The van der Waals surface area contributed by atoms with E-state index in [1.165, 1.54) is 5.56 Å². The second kappa shape index (κ2) is 10.1. The molecular formula is C34H34N4O4. The molecule has 1 fully saturated rings. The molecule has 8 heteroatoms. The first-order valence-corrected chi connectivity index (χ1v) is 14.6. The van der Waals surface area contributed by atoms with E-state index in [9.17, 15) is 14.4 Å². The van der Waals surface area contributed by atoms with Crippen molar-refractivity contribution >= 4 is 28.7 Å². The highest BCUT2D eigenvalue weighted by molar-refractivity contribution is 6.09. The number of alkyl carbamates (subject to hydrolysis) is 1. The second-order valence-corrected chi connectivity index (χ2v) is 12.0. The zero-order valence-electron chi connectivity index (χ0n) is 23.8. The summed E-state index contributed by atoms with van der Waals surface area (Å²) in [7, 11) is 2.10. The highest BCUT2D eigenvalue weighted by Crippen LogP contribution is 2.52. The van der Waals surface area contributed by atoms with Crippen LogP contribution in [0.5, 0.6) is 0 Å². The van der Waals surface area contributed by atoms with E-state index >= 15 is 0 Å². The number of ether oxygens (including phenoxy) is 1. The number of ketones is 1. The van der Waals surface area contributed by atoms with Crippen LogP contribution in [0.3, 0.4) is 0 Å². The molecule has 0 bridgehead atoms. The van der Waals surface area contributed by atoms with Crippen molar-refractivity contribution in [2.45, 2.75) is 56.3 Å². The third-order valence-electron chi connectivity index (χ3n) is 9.38. The molecule has 2 unspecified atom stereocenters. The lowest BCUT2D eigenvalue weighted by atomic mass is 9.65. The van der Waals surface area contributed by atoms with Gasteiger partial charge in [0.1, 0.15) is 12.6 Å². The van der Waals surface area contributed by atoms with Gasteiger partial charge in [0.15, 0.2) is 0 Å². The number of Topliss-reactive ketones (excluding diaryl/α,β-unsaturated/α-hetero) is 1. The Balaban J connectivity index is 1.36. The highest BCUT2D eigenvalue weighted by atomic mass is 16.5. The summed E-state index contributed by atoms with van der Waals surface area (Å²) >= 11 is 0. The fourth-order valence-corrected chi connectivity index (χ4v) is 7.64. The first kappa shape index (κ1) is 26.5. The number of likely N-dealkylation sites (N-methyl/N-ethyl adjacent to an activating group) is 1. The Morgan fingerprint density at radius 3 is 2.67 bits per heavy atom. The lowest BCUT2D eigenvalue weighted by Gasteiger charge is -2.53. The maximum atomic E-state index is 14.6. The first-order chi connectivity index (χ1) is 20.3. The number of likely N-dealkylation sites (tertiary alicyclic amines) is 1. The molecule has 3 N–H and O–H groups in total. The van der Waals surface area contributed by atoms with E-state index in [1.807, 2.05) is 60.7 Å². The number of benzene rings is 3. The zero-order chi connectivity index (χ0) is 29.0. The Hall–Kier alpha value is -4.43. The summed E-state index contributed by atoms with van der Waals surface area (Å²) in [6.07, 6.45) is 1.52. The SMILES string of the molecule is CN1CCCC2c3cccc4[nH]c5c(c34)C(C)(NC(=O)c3ccccc3C[C@H](NC(=O)OCc3ccccc3)C5=O)[C@H]21. The molecule has 214 valence electrons. The number of carbonyl (C=O) groups is 3. The smallest absolute Gasteiger partial charge is 0.408 e. The van der Waals surface area contributed by atoms with Crippen LogP contribution in [0, 0.1) is 0 Å². The number of hydrogen-bond acceptors (Lipinski definition) is 5. The number of hydrogen-bond donors (Lipinski definition) is 3. The molecule has 0 saturated carbocycles. The molecular weight excluding hydrogens is 528 g/mol. The largest absolute Gasteiger partial charge is 0.445 e. The molecule has 4 aromatic rings. The van der Waals surface area contributed by atoms with E-state index in [-0.39, 0.29) is 36.7 Å². The van der Waals surface area contributed by atoms with Gasteiger partial charge in [-0.15, -0.1) is 0 Å². The van der Waals surface area contributed by atoms with E-state index in [0.717, 1.165) is 41.4 Å². The quantitative estimate of drug-likeness (QED) is 0.325. The topological polar surface area (TPSA) is 104 Å². The number of rotatable bonds is 3. The number of nitrogens with zero attached hydrogens (tertiary/aromatic N) is 1. The van der Waals surface area contributed by atoms with E-state index in [2.05, 4.69) is 40.6 Å². The first-order valence-electron chi connectivity index (χ1n) is 14.6. The van der Waals surface area contributed by atoms with Crippen molar-refractivity contribution < 1.29 is 19.1 Å². The van der Waals surface area contributed by atoms with Gasteiger partial charge in [-0.3, -0.25) is 9.59 Å². The van der Waals surface area contributed by atoms with Crippen molar-refractivity contribution in [2.24, 2.45) is 0 Å². The molecule has 1 aliphatic carbocycles. The third-order valence-corrected chi connectivity index (χ3v) is 9.38. The number of aromatic amines is 1. The maximum Gasteiger partial charge on any atom is 0.408 e. The number of amides is 2. The third kappa shape index (κ3) is 4.20. The standard InChI is InChI=1S/C34H34N4O4/c1-34-28-27-23(24-15-9-17-38(2)31(24)34)14-8-16-25(27)35-29(28)30(39)26(18-21-12-6-7-13-22(21)32(40)37-34)36-33(41)42-19-20-10-4-3-5-11-20/h3-8,10-14,16,24,26,31,35H,9,15,17-19H2,1-2H3,(H,36,41)(H,37,40)/t24?,26-,31-,34?/m0/s1. The number of H-pyrrole nitrogens is 1. The number of piperidine rings is 1. The van der Waals surface area contributed by atoms with Gasteiger partial charge in [0.25, 0.3) is 5.91 Å². The summed E-state index contributed by atoms with van der Waals surface area (Å²) in [6, 6.07) is 21.9. The van der Waals surface area contributed by atoms with Crippen molar-refractivity contribution in [3.05, 3.63) is 106 Å². The van der Waals surface area contributed by atoms with Gasteiger partial charge >= 0.3 is 6.09 Å². The summed E-state index contributed by atoms with van der Waals surface area (Å²) in [5.41, 5.74) is 4.45. The van der Waals surface area contributed by atoms with Crippen LogP contribution < -0.4 is 10.6 Å².